The van der Waals surface area contributed by atoms with Gasteiger partial charge in [0.15, 0.2) is 17.5 Å². The molecule has 0 amide bonds. The van der Waals surface area contributed by atoms with E-state index in [1.165, 1.54) is 64.2 Å². The second-order valence-corrected chi connectivity index (χ2v) is 15.5. The van der Waals surface area contributed by atoms with E-state index >= 15 is 0 Å². The van der Waals surface area contributed by atoms with Gasteiger partial charge in [-0.2, -0.15) is 0 Å². The maximum atomic E-state index is 6.78. The van der Waals surface area contributed by atoms with Crippen molar-refractivity contribution >= 4 is 120 Å². The number of hydrogen-bond donors (Lipinski definition) is 0. The normalized spacial score (nSPS) is 11.6. The molecule has 0 bridgehead atoms. The van der Waals surface area contributed by atoms with Crippen molar-refractivity contribution in [2.24, 2.45) is 0 Å². The van der Waals surface area contributed by atoms with Gasteiger partial charge in [0.25, 0.3) is 0 Å². The van der Waals surface area contributed by atoms with Crippen molar-refractivity contribution in [3.05, 3.63) is 133 Å². The summed E-state index contributed by atoms with van der Waals surface area (Å²) < 4.78 is 9.33. The minimum atomic E-state index is 0.606. The highest BCUT2D eigenvalue weighted by molar-refractivity contribution is 7.26. The second kappa shape index (κ2) is 13.0. The van der Waals surface area contributed by atoms with Crippen LogP contribution in [0.4, 0.5) is 0 Å². The zero-order chi connectivity index (χ0) is 37.4. The molecule has 0 saturated carbocycles. The summed E-state index contributed by atoms with van der Waals surface area (Å²) in [6.45, 7) is 0. The summed E-state index contributed by atoms with van der Waals surface area (Å²) in [6, 6.07) is 46.7. The van der Waals surface area contributed by atoms with Crippen LogP contribution >= 0.6 is 11.3 Å². The van der Waals surface area contributed by atoms with Crippen molar-refractivity contribution in [1.29, 1.82) is 0 Å². The number of hydrogen-bond acceptors (Lipinski definition) is 5. The average Bonchev–Trinajstić information content (AvgIpc) is 3.82. The lowest BCUT2D eigenvalue weighted by Crippen LogP contribution is -2.55. The van der Waals surface area contributed by atoms with Gasteiger partial charge in [0.05, 0.1) is 0 Å². The Labute approximate surface area is 327 Å². The summed E-state index contributed by atoms with van der Waals surface area (Å²) in [5, 5.41) is 4.57. The maximum absolute atomic E-state index is 6.78. The van der Waals surface area contributed by atoms with Crippen LogP contribution in [0.2, 0.25) is 0 Å². The van der Waals surface area contributed by atoms with E-state index in [0.29, 0.717) is 17.5 Å². The molecule has 55 heavy (non-hydrogen) atoms. The summed E-state index contributed by atoms with van der Waals surface area (Å²) in [6.07, 6.45) is 0. The van der Waals surface area contributed by atoms with E-state index in [4.69, 9.17) is 19.4 Å². The molecule has 10 heteroatoms. The van der Waals surface area contributed by atoms with E-state index in [9.17, 15) is 0 Å². The van der Waals surface area contributed by atoms with Gasteiger partial charge in [-0.25, -0.2) is 15.0 Å². The third-order valence-corrected chi connectivity index (χ3v) is 12.8. The number of fused-ring (bicyclic) bond motifs is 6. The fourth-order valence-electron chi connectivity index (χ4n) is 8.27. The largest absolute Gasteiger partial charge is 0.455 e. The third-order valence-electron chi connectivity index (χ3n) is 11.6. The first kappa shape index (κ1) is 33.5. The molecule has 3 aromatic heterocycles. The molecule has 4 nitrogen and oxygen atoms in total. The smallest absolute Gasteiger partial charge is 0.164 e. The van der Waals surface area contributed by atoms with Crippen LogP contribution in [-0.2, 0) is 0 Å². The predicted molar refractivity (Wildman–Crippen MR) is 248 cm³/mol. The summed E-state index contributed by atoms with van der Waals surface area (Å²) in [7, 11) is 11.1. The quantitative estimate of drug-likeness (QED) is 0.255. The zero-order valence-electron chi connectivity index (χ0n) is 31.4. The van der Waals surface area contributed by atoms with Crippen LogP contribution in [0, 0.1) is 0 Å². The standard InChI is InChI=1S/C45H32B5N3OS/c46-36-34(37(47)39(49)40(50)38(36)48)23-19-21-25(22-20-23)44-51-43(24-9-2-1-3-10-24)52-45(53-44)31-16-8-17-32-35(31)30-15-6-12-27(41(30)54-32)29-14-7-13-28-26-11-4-5-18-33(26)55-42(28)29/h1-22H,46-50H2. The first-order valence-electron chi connectivity index (χ1n) is 18.7. The van der Waals surface area contributed by atoms with Crippen LogP contribution in [0.25, 0.3) is 98.5 Å². The molecule has 0 aliphatic carbocycles. The van der Waals surface area contributed by atoms with Gasteiger partial charge in [-0.15, -0.1) is 27.7 Å². The first-order chi connectivity index (χ1) is 26.9. The van der Waals surface area contributed by atoms with Crippen LogP contribution in [0.5, 0.6) is 0 Å². The van der Waals surface area contributed by atoms with Crippen LogP contribution in [0.15, 0.2) is 138 Å². The van der Waals surface area contributed by atoms with Crippen molar-refractivity contribution in [3.8, 4) is 56.4 Å². The number of para-hydroxylation sites is 1. The van der Waals surface area contributed by atoms with Gasteiger partial charge in [0.2, 0.25) is 0 Å². The van der Waals surface area contributed by atoms with Gasteiger partial charge in [-0.3, -0.25) is 0 Å². The molecule has 0 unspecified atom stereocenters. The van der Waals surface area contributed by atoms with E-state index in [1.54, 1.807) is 0 Å². The van der Waals surface area contributed by atoms with Gasteiger partial charge in [0.1, 0.15) is 50.4 Å². The summed E-state index contributed by atoms with van der Waals surface area (Å²) in [5.41, 5.74) is 15.9. The van der Waals surface area contributed by atoms with Crippen LogP contribution in [-0.4, -0.2) is 54.2 Å². The monoisotopic (exact) mass is 717 g/mol. The molecular weight excluding hydrogens is 685 g/mol. The molecule has 0 saturated heterocycles. The van der Waals surface area contributed by atoms with Crippen LogP contribution < -0.4 is 27.3 Å². The topological polar surface area (TPSA) is 51.8 Å². The number of aromatic nitrogens is 3. The van der Waals surface area contributed by atoms with Crippen molar-refractivity contribution in [2.45, 2.75) is 0 Å². The lowest BCUT2D eigenvalue weighted by molar-refractivity contribution is 0.670. The average molecular weight is 717 g/mol. The predicted octanol–water partition coefficient (Wildman–Crippen LogP) is 3.77. The lowest BCUT2D eigenvalue weighted by atomic mass is 9.59. The molecule has 0 radical (unpaired) electrons. The van der Waals surface area contributed by atoms with E-state index in [0.717, 1.165) is 44.2 Å². The first-order valence-corrected chi connectivity index (χ1v) is 19.5. The third kappa shape index (κ3) is 5.38. The molecule has 0 spiro atoms. The fourth-order valence-corrected chi connectivity index (χ4v) is 9.50. The van der Waals surface area contributed by atoms with Gasteiger partial charge < -0.3 is 4.42 Å². The molecule has 10 aromatic rings. The summed E-state index contributed by atoms with van der Waals surface area (Å²) >= 11 is 1.83. The van der Waals surface area contributed by atoms with Crippen LogP contribution in [0.1, 0.15) is 0 Å². The lowest BCUT2D eigenvalue weighted by Gasteiger charge is -2.20. The number of rotatable bonds is 5. The minimum absolute atomic E-state index is 0.606. The molecule has 7 aromatic carbocycles. The Hall–Kier alpha value is -6.11. The minimum Gasteiger partial charge on any atom is -0.455 e. The summed E-state index contributed by atoms with van der Waals surface area (Å²) in [5.74, 6) is 1.86. The fraction of sp³-hybridized carbons (Fsp3) is 0. The number of benzene rings is 7. The number of thiophene rings is 1. The number of nitrogens with zero attached hydrogens (tertiary/aromatic N) is 3. The molecule has 0 atom stereocenters. The summed E-state index contributed by atoms with van der Waals surface area (Å²) in [4.78, 5) is 15.4. The molecule has 10 rings (SSSR count). The Balaban J connectivity index is 1.15. The highest BCUT2D eigenvalue weighted by atomic mass is 32.1. The molecule has 0 N–H and O–H groups in total. The van der Waals surface area contributed by atoms with Gasteiger partial charge >= 0.3 is 0 Å². The van der Waals surface area contributed by atoms with Crippen LogP contribution in [0.3, 0.4) is 0 Å². The Morgan fingerprint density at radius 1 is 0.418 bits per heavy atom. The van der Waals surface area contributed by atoms with Gasteiger partial charge in [0, 0.05) is 58.8 Å². The molecule has 0 fully saturated rings. The highest BCUT2D eigenvalue weighted by Gasteiger charge is 2.21. The van der Waals surface area contributed by atoms with Gasteiger partial charge in [-0.05, 0) is 23.3 Å². The van der Waals surface area contributed by atoms with Crippen molar-refractivity contribution in [3.63, 3.8) is 0 Å². The van der Waals surface area contributed by atoms with Crippen molar-refractivity contribution in [2.75, 3.05) is 0 Å². The second-order valence-electron chi connectivity index (χ2n) is 14.5. The van der Waals surface area contributed by atoms with E-state index in [1.807, 2.05) is 53.8 Å². The molecule has 3 heterocycles. The Morgan fingerprint density at radius 2 is 0.964 bits per heavy atom. The van der Waals surface area contributed by atoms with E-state index in [-0.39, 0.29) is 0 Å². The SMILES string of the molecule is Bc1c(B)c(B)c(-c2ccc(-c3nc(-c4ccccc4)nc(-c4cccc5oc6c(-c7cccc8c7sc7ccccc78)cccc6c45)n3)cc2)c(B)c1B. The van der Waals surface area contributed by atoms with Crippen molar-refractivity contribution < 1.29 is 4.42 Å². The maximum Gasteiger partial charge on any atom is 0.164 e. The molecule has 0 aliphatic heterocycles. The zero-order valence-corrected chi connectivity index (χ0v) is 32.2. The Morgan fingerprint density at radius 3 is 1.71 bits per heavy atom. The molecule has 0 aliphatic rings. The van der Waals surface area contributed by atoms with E-state index in [2.05, 4.69) is 130 Å². The Kier molecular flexibility index (Phi) is 7.93. The Bertz CT molecular complexity index is 3130. The highest BCUT2D eigenvalue weighted by Crippen LogP contribution is 2.44. The van der Waals surface area contributed by atoms with Crippen molar-refractivity contribution in [1.82, 2.24) is 15.0 Å². The number of furan rings is 1. The van der Waals surface area contributed by atoms with E-state index < -0.39 is 0 Å². The molecular formula is C45H32B5N3OS. The van der Waals surface area contributed by atoms with Gasteiger partial charge in [-0.1, -0.05) is 132 Å². The molecule has 254 valence electrons.